The number of aromatic amines is 1. The summed E-state index contributed by atoms with van der Waals surface area (Å²) in [5, 5.41) is 9.37. The van der Waals surface area contributed by atoms with Gasteiger partial charge in [0.2, 0.25) is 0 Å². The number of hydrogen-bond donors (Lipinski definition) is 2. The lowest BCUT2D eigenvalue weighted by Crippen LogP contribution is -2.29. The van der Waals surface area contributed by atoms with E-state index in [4.69, 9.17) is 0 Å². The molecule has 0 bridgehead atoms. The highest BCUT2D eigenvalue weighted by atomic mass is 16.4. The Hall–Kier alpha value is -2.04. The monoisotopic (exact) mass is 288 g/mol. The number of nitrogens with one attached hydrogen (secondary N) is 1. The van der Waals surface area contributed by atoms with Gasteiger partial charge in [-0.05, 0) is 36.8 Å². The number of carboxylic acid groups (broad SMARTS) is 1. The Morgan fingerprint density at radius 2 is 2.10 bits per heavy atom. The zero-order chi connectivity index (χ0) is 15.0. The quantitative estimate of drug-likeness (QED) is 0.908. The van der Waals surface area contributed by atoms with Crippen LogP contribution in [0, 0.1) is 5.41 Å². The Kier molecular flexibility index (Phi) is 3.35. The maximum Gasteiger partial charge on any atom is 0.337 e. The standard InChI is InChI=1S/C16H20N2O3/c1-2-16(8-3-4-9-16)10-18-13-11(14(19)20)6-5-7-12(13)17-15(18)21/h5-7H,2-4,8-10H2,1H3,(H,17,21)(H,19,20). The second-order valence-electron chi connectivity index (χ2n) is 6.08. The second kappa shape index (κ2) is 5.06. The normalized spacial score (nSPS) is 17.4. The number of benzene rings is 1. The molecule has 0 spiro atoms. The molecule has 2 N–H and O–H groups in total. The van der Waals surface area contributed by atoms with Gasteiger partial charge in [0.05, 0.1) is 16.6 Å². The average Bonchev–Trinajstić information content (AvgIpc) is 3.05. The molecule has 1 fully saturated rings. The first-order valence-corrected chi connectivity index (χ1v) is 7.51. The van der Waals surface area contributed by atoms with Crippen molar-refractivity contribution in [2.24, 2.45) is 5.41 Å². The van der Waals surface area contributed by atoms with Gasteiger partial charge in [0.25, 0.3) is 0 Å². The predicted molar refractivity (Wildman–Crippen MR) is 80.7 cm³/mol. The molecule has 5 nitrogen and oxygen atoms in total. The van der Waals surface area contributed by atoms with Crippen molar-refractivity contribution in [2.45, 2.75) is 45.6 Å². The third kappa shape index (κ3) is 2.26. The maximum absolute atomic E-state index is 12.3. The molecule has 1 heterocycles. The number of hydrogen-bond acceptors (Lipinski definition) is 2. The molecule has 5 heteroatoms. The van der Waals surface area contributed by atoms with E-state index in [2.05, 4.69) is 11.9 Å². The fraction of sp³-hybridized carbons (Fsp3) is 0.500. The summed E-state index contributed by atoms with van der Waals surface area (Å²) in [7, 11) is 0. The number of rotatable bonds is 4. The number of carbonyl (C=O) groups is 1. The van der Waals surface area contributed by atoms with Crippen molar-refractivity contribution in [3.63, 3.8) is 0 Å². The molecular formula is C16H20N2O3. The molecule has 1 aliphatic carbocycles. The van der Waals surface area contributed by atoms with Gasteiger partial charge < -0.3 is 10.1 Å². The van der Waals surface area contributed by atoms with Gasteiger partial charge in [0.15, 0.2) is 0 Å². The number of carboxylic acids is 1. The second-order valence-corrected chi connectivity index (χ2v) is 6.08. The fourth-order valence-corrected chi connectivity index (χ4v) is 3.63. The molecule has 0 unspecified atom stereocenters. The van der Waals surface area contributed by atoms with Crippen LogP contribution in [0.5, 0.6) is 0 Å². The van der Waals surface area contributed by atoms with E-state index in [0.29, 0.717) is 17.6 Å². The lowest BCUT2D eigenvalue weighted by molar-refractivity contribution is 0.0698. The van der Waals surface area contributed by atoms with Crippen LogP contribution in [0.3, 0.4) is 0 Å². The van der Waals surface area contributed by atoms with Gasteiger partial charge in [-0.1, -0.05) is 25.8 Å². The van der Waals surface area contributed by atoms with Crippen molar-refractivity contribution in [1.82, 2.24) is 9.55 Å². The van der Waals surface area contributed by atoms with E-state index >= 15 is 0 Å². The molecule has 21 heavy (non-hydrogen) atoms. The minimum atomic E-state index is -0.995. The summed E-state index contributed by atoms with van der Waals surface area (Å²) in [6.07, 6.45) is 5.62. The SMILES string of the molecule is CCC1(Cn2c(=O)[nH]c3cccc(C(=O)O)c32)CCCC1. The first-order chi connectivity index (χ1) is 10.1. The molecule has 2 aromatic rings. The van der Waals surface area contributed by atoms with E-state index in [1.165, 1.54) is 12.8 Å². The highest BCUT2D eigenvalue weighted by Gasteiger charge is 2.33. The zero-order valence-electron chi connectivity index (χ0n) is 12.2. The van der Waals surface area contributed by atoms with Crippen molar-refractivity contribution in [3.8, 4) is 0 Å². The third-order valence-electron chi connectivity index (χ3n) is 4.93. The molecule has 1 aliphatic rings. The zero-order valence-corrected chi connectivity index (χ0v) is 12.2. The molecule has 3 rings (SSSR count). The van der Waals surface area contributed by atoms with Crippen LogP contribution in [0.4, 0.5) is 0 Å². The van der Waals surface area contributed by atoms with Crippen molar-refractivity contribution in [3.05, 3.63) is 34.2 Å². The summed E-state index contributed by atoms with van der Waals surface area (Å²) in [4.78, 5) is 26.5. The van der Waals surface area contributed by atoms with Crippen LogP contribution >= 0.6 is 0 Å². The van der Waals surface area contributed by atoms with Crippen LogP contribution in [0.15, 0.2) is 23.0 Å². The Bertz CT molecular complexity index is 736. The minimum Gasteiger partial charge on any atom is -0.478 e. The van der Waals surface area contributed by atoms with Crippen LogP contribution in [-0.4, -0.2) is 20.6 Å². The van der Waals surface area contributed by atoms with E-state index in [0.717, 1.165) is 19.3 Å². The van der Waals surface area contributed by atoms with Crippen LogP contribution < -0.4 is 5.69 Å². The van der Waals surface area contributed by atoms with Crippen LogP contribution in [0.1, 0.15) is 49.4 Å². The Morgan fingerprint density at radius 1 is 1.38 bits per heavy atom. The molecule has 1 aromatic carbocycles. The van der Waals surface area contributed by atoms with Gasteiger partial charge in [-0.3, -0.25) is 4.57 Å². The Morgan fingerprint density at radius 3 is 2.71 bits per heavy atom. The van der Waals surface area contributed by atoms with Gasteiger partial charge in [-0.15, -0.1) is 0 Å². The number of aromatic carboxylic acids is 1. The molecule has 1 saturated carbocycles. The van der Waals surface area contributed by atoms with E-state index in [1.807, 2.05) is 0 Å². The molecule has 1 aromatic heterocycles. The summed E-state index contributed by atoms with van der Waals surface area (Å²) in [5.74, 6) is -0.995. The Balaban J connectivity index is 2.16. The summed E-state index contributed by atoms with van der Waals surface area (Å²) < 4.78 is 1.63. The molecule has 0 atom stereocenters. The summed E-state index contributed by atoms with van der Waals surface area (Å²) in [5.41, 5.74) is 1.23. The minimum absolute atomic E-state index is 0.130. The number of nitrogens with zero attached hydrogens (tertiary/aromatic N) is 1. The lowest BCUT2D eigenvalue weighted by Gasteiger charge is -2.27. The van der Waals surface area contributed by atoms with E-state index in [1.54, 1.807) is 22.8 Å². The van der Waals surface area contributed by atoms with Crippen molar-refractivity contribution in [2.75, 3.05) is 0 Å². The maximum atomic E-state index is 12.3. The molecule has 112 valence electrons. The van der Waals surface area contributed by atoms with Crippen LogP contribution in [-0.2, 0) is 6.54 Å². The third-order valence-corrected chi connectivity index (χ3v) is 4.93. The number of fused-ring (bicyclic) bond motifs is 1. The first kappa shape index (κ1) is 13.9. The number of H-pyrrole nitrogens is 1. The summed E-state index contributed by atoms with van der Waals surface area (Å²) >= 11 is 0. The van der Waals surface area contributed by atoms with Crippen molar-refractivity contribution in [1.29, 1.82) is 0 Å². The van der Waals surface area contributed by atoms with E-state index < -0.39 is 5.97 Å². The van der Waals surface area contributed by atoms with Gasteiger partial charge in [-0.2, -0.15) is 0 Å². The molecular weight excluding hydrogens is 268 g/mol. The highest BCUT2D eigenvalue weighted by Crippen LogP contribution is 2.42. The molecule has 0 aliphatic heterocycles. The van der Waals surface area contributed by atoms with Crippen molar-refractivity contribution >= 4 is 17.0 Å². The topological polar surface area (TPSA) is 75.1 Å². The van der Waals surface area contributed by atoms with Gasteiger partial charge >= 0.3 is 11.7 Å². The highest BCUT2D eigenvalue weighted by molar-refractivity contribution is 6.01. The van der Waals surface area contributed by atoms with Crippen LogP contribution in [0.2, 0.25) is 0 Å². The number of aromatic nitrogens is 2. The molecule has 0 radical (unpaired) electrons. The predicted octanol–water partition coefficient (Wildman–Crippen LogP) is 3.00. The van der Waals surface area contributed by atoms with Crippen molar-refractivity contribution < 1.29 is 9.90 Å². The van der Waals surface area contributed by atoms with E-state index in [-0.39, 0.29) is 16.7 Å². The number of imidazole rings is 1. The van der Waals surface area contributed by atoms with E-state index in [9.17, 15) is 14.7 Å². The van der Waals surface area contributed by atoms with Crippen LogP contribution in [0.25, 0.3) is 11.0 Å². The lowest BCUT2D eigenvalue weighted by atomic mass is 9.83. The largest absolute Gasteiger partial charge is 0.478 e. The number of para-hydroxylation sites is 1. The van der Waals surface area contributed by atoms with Gasteiger partial charge in [-0.25, -0.2) is 9.59 Å². The van der Waals surface area contributed by atoms with Gasteiger partial charge in [0.1, 0.15) is 0 Å². The summed E-state index contributed by atoms with van der Waals surface area (Å²) in [6, 6.07) is 4.98. The summed E-state index contributed by atoms with van der Waals surface area (Å²) in [6.45, 7) is 2.76. The fourth-order valence-electron chi connectivity index (χ4n) is 3.63. The Labute approximate surface area is 122 Å². The first-order valence-electron chi connectivity index (χ1n) is 7.51. The molecule has 0 saturated heterocycles. The smallest absolute Gasteiger partial charge is 0.337 e. The average molecular weight is 288 g/mol. The molecule has 0 amide bonds. The van der Waals surface area contributed by atoms with Gasteiger partial charge in [0, 0.05) is 6.54 Å².